The maximum absolute atomic E-state index is 13.2. The zero-order valence-corrected chi connectivity index (χ0v) is 17.8. The molecule has 0 aliphatic heterocycles. The first-order valence-corrected chi connectivity index (χ1v) is 9.83. The fourth-order valence-corrected chi connectivity index (χ4v) is 3.19. The topological polar surface area (TPSA) is 92.3 Å². The maximum atomic E-state index is 13.2. The third kappa shape index (κ3) is 4.00. The molecular weight excluding hydrogens is 474 g/mol. The van der Waals surface area contributed by atoms with Gasteiger partial charge in [0.15, 0.2) is 11.6 Å². The van der Waals surface area contributed by atoms with Gasteiger partial charge in [-0.25, -0.2) is 0 Å². The van der Waals surface area contributed by atoms with Gasteiger partial charge in [-0.2, -0.15) is 0 Å². The predicted octanol–water partition coefficient (Wildman–Crippen LogP) is 4.98. The van der Waals surface area contributed by atoms with Gasteiger partial charge in [-0.15, -0.1) is 0 Å². The minimum Gasteiger partial charge on any atom is -0.320 e. The fraction of sp³-hybridized carbons (Fsp3) is 0. The Morgan fingerprint density at radius 2 is 1.07 bits per heavy atom. The molecule has 2 aromatic rings. The van der Waals surface area contributed by atoms with E-state index in [1.807, 2.05) is 0 Å². The Balaban J connectivity index is 2.20. The number of nitrogens with one attached hydrogen (secondary N) is 2. The van der Waals surface area contributed by atoms with Crippen molar-refractivity contribution in [3.05, 3.63) is 79.8 Å². The molecule has 0 atom stereocenters. The van der Waals surface area contributed by atoms with E-state index in [4.69, 9.17) is 46.4 Å². The molecule has 10 heteroatoms. The number of anilines is 2. The Kier molecular flexibility index (Phi) is 6.63. The molecule has 2 N–H and O–H groups in total. The summed E-state index contributed by atoms with van der Waals surface area (Å²) in [5.74, 6) is -2.59. The van der Waals surface area contributed by atoms with E-state index < -0.39 is 23.4 Å². The molecule has 0 heterocycles. The first-order chi connectivity index (χ1) is 14.3. The third-order valence-corrected chi connectivity index (χ3v) is 5.42. The van der Waals surface area contributed by atoms with Crippen molar-refractivity contribution in [2.45, 2.75) is 0 Å². The number of carbonyl (C=O) groups excluding carboxylic acids is 4. The van der Waals surface area contributed by atoms with Crippen molar-refractivity contribution in [2.75, 3.05) is 10.6 Å². The Morgan fingerprint density at radius 1 is 0.700 bits per heavy atom. The van der Waals surface area contributed by atoms with Crippen molar-refractivity contribution in [1.82, 2.24) is 0 Å². The van der Waals surface area contributed by atoms with E-state index in [9.17, 15) is 19.2 Å². The molecule has 0 unspecified atom stereocenters. The Bertz CT molecular complexity index is 1080. The van der Waals surface area contributed by atoms with Gasteiger partial charge in [0.1, 0.15) is 10.1 Å². The molecule has 0 bridgehead atoms. The third-order valence-electron chi connectivity index (χ3n) is 4.20. The van der Waals surface area contributed by atoms with Gasteiger partial charge in [-0.3, -0.25) is 19.2 Å². The van der Waals surface area contributed by atoms with Crippen LogP contribution in [0.3, 0.4) is 0 Å². The van der Waals surface area contributed by atoms with Crippen molar-refractivity contribution in [1.29, 1.82) is 0 Å². The summed E-state index contributed by atoms with van der Waals surface area (Å²) in [6, 6.07) is 8.90. The summed E-state index contributed by atoms with van der Waals surface area (Å²) in [4.78, 5) is 50.7. The van der Waals surface area contributed by atoms with Crippen LogP contribution in [-0.4, -0.2) is 23.4 Å². The average Bonchev–Trinajstić information content (AvgIpc) is 2.76. The molecule has 152 valence electrons. The van der Waals surface area contributed by atoms with Gasteiger partial charge in [0.2, 0.25) is 0 Å². The Hall–Kier alpha value is -2.64. The summed E-state index contributed by atoms with van der Waals surface area (Å²) < 4.78 is 0. The van der Waals surface area contributed by atoms with Crippen LogP contribution in [0.1, 0.15) is 31.8 Å². The molecule has 1 aliphatic carbocycles. The van der Waals surface area contributed by atoms with Crippen molar-refractivity contribution < 1.29 is 19.2 Å². The second-order valence-corrected chi connectivity index (χ2v) is 7.19. The lowest BCUT2D eigenvalue weighted by atomic mass is 9.82. The summed E-state index contributed by atoms with van der Waals surface area (Å²) in [6.45, 7) is 0. The second kappa shape index (κ2) is 9.02. The minimum atomic E-state index is -0.780. The summed E-state index contributed by atoms with van der Waals surface area (Å²) in [7, 11) is 0. The highest BCUT2D eigenvalue weighted by Crippen LogP contribution is 2.37. The SMILES string of the molecule is O=C(Nc1ccc(NC(=O)/C(Cl)=C\Cl)c2c1C(=O)c1ccccc1C2=O)/C(Cl)=C\Cl. The van der Waals surface area contributed by atoms with Crippen molar-refractivity contribution in [3.63, 3.8) is 0 Å². The minimum absolute atomic E-state index is 0.0245. The van der Waals surface area contributed by atoms with E-state index in [2.05, 4.69) is 10.6 Å². The highest BCUT2D eigenvalue weighted by molar-refractivity contribution is 6.48. The van der Waals surface area contributed by atoms with Gasteiger partial charge < -0.3 is 10.6 Å². The lowest BCUT2D eigenvalue weighted by Gasteiger charge is -2.23. The molecule has 1 aliphatic rings. The van der Waals surface area contributed by atoms with E-state index >= 15 is 0 Å². The summed E-state index contributed by atoms with van der Waals surface area (Å²) in [6.07, 6.45) is 0. The Morgan fingerprint density at radius 3 is 1.40 bits per heavy atom. The molecule has 2 aromatic carbocycles. The molecule has 30 heavy (non-hydrogen) atoms. The predicted molar refractivity (Wildman–Crippen MR) is 117 cm³/mol. The summed E-state index contributed by atoms with van der Waals surface area (Å²) in [5, 5.41) is 4.25. The smallest absolute Gasteiger partial charge is 0.268 e. The number of hydrogen-bond donors (Lipinski definition) is 2. The summed E-state index contributed by atoms with van der Waals surface area (Å²) >= 11 is 22.3. The molecule has 0 aromatic heterocycles. The molecule has 0 radical (unpaired) electrons. The molecular formula is C20H10Cl4N2O4. The lowest BCUT2D eigenvalue weighted by Crippen LogP contribution is -2.26. The van der Waals surface area contributed by atoms with Crippen LogP contribution in [0.2, 0.25) is 0 Å². The summed E-state index contributed by atoms with van der Waals surface area (Å²) in [5.41, 5.74) is 1.89. The van der Waals surface area contributed by atoms with Crippen LogP contribution in [0.25, 0.3) is 0 Å². The average molecular weight is 484 g/mol. The first kappa shape index (κ1) is 22.1. The zero-order valence-electron chi connectivity index (χ0n) is 14.8. The molecule has 0 spiro atoms. The molecule has 0 fully saturated rings. The molecule has 6 nitrogen and oxygen atoms in total. The van der Waals surface area contributed by atoms with Crippen LogP contribution in [-0.2, 0) is 9.59 Å². The number of hydrogen-bond acceptors (Lipinski definition) is 4. The number of rotatable bonds is 4. The van der Waals surface area contributed by atoms with Crippen LogP contribution in [0.5, 0.6) is 0 Å². The normalized spacial score (nSPS) is 13.5. The van der Waals surface area contributed by atoms with Crippen LogP contribution in [0, 0.1) is 0 Å². The number of benzene rings is 2. The van der Waals surface area contributed by atoms with Gasteiger partial charge in [0, 0.05) is 22.2 Å². The van der Waals surface area contributed by atoms with Crippen molar-refractivity contribution in [2.24, 2.45) is 0 Å². The molecule has 0 saturated heterocycles. The highest BCUT2D eigenvalue weighted by atomic mass is 35.5. The number of carbonyl (C=O) groups is 4. The van der Waals surface area contributed by atoms with Gasteiger partial charge in [-0.05, 0) is 12.1 Å². The van der Waals surface area contributed by atoms with Crippen LogP contribution < -0.4 is 10.6 Å². The van der Waals surface area contributed by atoms with Crippen molar-refractivity contribution >= 4 is 81.2 Å². The fourth-order valence-electron chi connectivity index (χ4n) is 2.89. The van der Waals surface area contributed by atoms with Crippen LogP contribution >= 0.6 is 46.4 Å². The van der Waals surface area contributed by atoms with Crippen molar-refractivity contribution in [3.8, 4) is 0 Å². The Labute approximate surface area is 190 Å². The maximum Gasteiger partial charge on any atom is 0.268 e. The lowest BCUT2D eigenvalue weighted by molar-refractivity contribution is -0.113. The molecule has 3 rings (SSSR count). The molecule has 2 amide bonds. The van der Waals surface area contributed by atoms with E-state index in [1.165, 1.54) is 24.3 Å². The van der Waals surface area contributed by atoms with E-state index in [0.717, 1.165) is 11.1 Å². The van der Waals surface area contributed by atoms with E-state index in [0.29, 0.717) is 0 Å². The highest BCUT2D eigenvalue weighted by Gasteiger charge is 2.34. The number of fused-ring (bicyclic) bond motifs is 2. The first-order valence-electron chi connectivity index (χ1n) is 8.20. The quantitative estimate of drug-likeness (QED) is 0.512. The van der Waals surface area contributed by atoms with E-state index in [1.54, 1.807) is 12.1 Å². The molecule has 0 saturated carbocycles. The van der Waals surface area contributed by atoms with E-state index in [-0.39, 0.29) is 43.7 Å². The van der Waals surface area contributed by atoms with Gasteiger partial charge in [0.25, 0.3) is 11.8 Å². The van der Waals surface area contributed by atoms with Crippen LogP contribution in [0.4, 0.5) is 11.4 Å². The number of ketones is 2. The largest absolute Gasteiger partial charge is 0.320 e. The number of amides is 2. The number of halogens is 4. The van der Waals surface area contributed by atoms with Gasteiger partial charge in [0.05, 0.1) is 22.5 Å². The second-order valence-electron chi connectivity index (χ2n) is 5.94. The zero-order chi connectivity index (χ0) is 22.0. The van der Waals surface area contributed by atoms with Crippen LogP contribution in [0.15, 0.2) is 57.5 Å². The van der Waals surface area contributed by atoms with Gasteiger partial charge >= 0.3 is 0 Å². The standard InChI is InChI=1S/C20H10Cl4N2O4/c21-7-11(23)19(29)25-13-5-6-14(26-20(30)12(24)8-22)16-15(13)17(27)9-3-1-2-4-10(9)18(16)28/h1-8H,(H,25,29)(H,26,30)/b11-7+,12-8+. The van der Waals surface area contributed by atoms with Gasteiger partial charge in [-0.1, -0.05) is 70.7 Å². The monoisotopic (exact) mass is 482 g/mol.